The molecule has 14 heavy (non-hydrogen) atoms. The Labute approximate surface area is 77.5 Å². The third-order valence-corrected chi connectivity index (χ3v) is 1.97. The number of fused-ring (bicyclic) bond motifs is 1. The Bertz CT molecular complexity index is 470. The minimum Gasteiger partial charge on any atom is -0.385 e. The van der Waals surface area contributed by atoms with Crippen molar-refractivity contribution in [1.82, 2.24) is 4.98 Å². The predicted molar refractivity (Wildman–Crippen MR) is 47.7 cm³/mol. The number of nitrogen functional groups attached to an aromatic ring is 1. The fourth-order valence-corrected chi connectivity index (χ4v) is 1.33. The van der Waals surface area contributed by atoms with Gasteiger partial charge in [-0.15, -0.1) is 0 Å². The van der Waals surface area contributed by atoms with Crippen molar-refractivity contribution >= 4 is 16.7 Å². The van der Waals surface area contributed by atoms with E-state index in [4.69, 9.17) is 5.73 Å². The highest BCUT2D eigenvalue weighted by Gasteiger charge is 2.30. The van der Waals surface area contributed by atoms with Crippen LogP contribution in [-0.2, 0) is 6.18 Å². The van der Waals surface area contributed by atoms with Crippen molar-refractivity contribution < 1.29 is 13.2 Å². The first-order valence-corrected chi connectivity index (χ1v) is 3.92. The number of aromatic nitrogens is 1. The lowest BCUT2D eigenvalue weighted by Crippen LogP contribution is -2.03. The number of anilines is 1. The van der Waals surface area contributed by atoms with Crippen molar-refractivity contribution in [3.63, 3.8) is 0 Å². The molecule has 0 aliphatic heterocycles. The normalized spacial score (nSPS) is 12.2. The smallest absolute Gasteiger partial charge is 0.385 e. The topological polar surface area (TPSA) is 41.8 Å². The Morgan fingerprint density at radius 1 is 1.14 bits per heavy atom. The van der Waals surface area contributed by atoms with Gasteiger partial charge in [0.15, 0.2) is 0 Å². The Balaban J connectivity index is 2.62. The molecule has 0 saturated heterocycles. The van der Waals surface area contributed by atoms with E-state index < -0.39 is 11.7 Å². The molecule has 2 aromatic rings. The number of halogens is 3. The van der Waals surface area contributed by atoms with Gasteiger partial charge in [-0.3, -0.25) is 0 Å². The SMILES string of the molecule is Nc1cc2cc(C(F)(F)F)ccc2[nH]1. The summed E-state index contributed by atoms with van der Waals surface area (Å²) in [4.78, 5) is 2.75. The largest absolute Gasteiger partial charge is 0.416 e. The molecule has 2 nitrogen and oxygen atoms in total. The van der Waals surface area contributed by atoms with Crippen molar-refractivity contribution in [3.05, 3.63) is 29.8 Å². The molecule has 74 valence electrons. The lowest BCUT2D eigenvalue weighted by Gasteiger charge is -2.05. The van der Waals surface area contributed by atoms with Crippen LogP contribution in [0.25, 0.3) is 10.9 Å². The zero-order valence-electron chi connectivity index (χ0n) is 7.02. The molecule has 0 radical (unpaired) electrons. The molecular formula is C9H7F3N2. The summed E-state index contributed by atoms with van der Waals surface area (Å²) in [6.07, 6.45) is -4.31. The number of H-pyrrole nitrogens is 1. The number of nitrogens with two attached hydrogens (primary N) is 1. The number of hydrogen-bond acceptors (Lipinski definition) is 1. The van der Waals surface area contributed by atoms with E-state index in [1.165, 1.54) is 12.1 Å². The molecule has 1 aromatic heterocycles. The molecular weight excluding hydrogens is 193 g/mol. The monoisotopic (exact) mass is 200 g/mol. The standard InChI is InChI=1S/C9H7F3N2/c10-9(11,12)6-1-2-7-5(3-6)4-8(13)14-7/h1-4,14H,13H2. The van der Waals surface area contributed by atoms with Crippen molar-refractivity contribution in [2.45, 2.75) is 6.18 Å². The van der Waals surface area contributed by atoms with E-state index in [2.05, 4.69) is 4.98 Å². The highest BCUT2D eigenvalue weighted by Crippen LogP contribution is 2.31. The molecule has 0 fully saturated rings. The van der Waals surface area contributed by atoms with Crippen LogP contribution in [0.5, 0.6) is 0 Å². The van der Waals surface area contributed by atoms with E-state index in [0.29, 0.717) is 16.7 Å². The zero-order chi connectivity index (χ0) is 10.3. The fraction of sp³-hybridized carbons (Fsp3) is 0.111. The van der Waals surface area contributed by atoms with E-state index in [-0.39, 0.29) is 0 Å². The molecule has 0 saturated carbocycles. The van der Waals surface area contributed by atoms with Gasteiger partial charge in [0, 0.05) is 10.9 Å². The Morgan fingerprint density at radius 3 is 2.50 bits per heavy atom. The van der Waals surface area contributed by atoms with Gasteiger partial charge in [-0.1, -0.05) is 0 Å². The van der Waals surface area contributed by atoms with Gasteiger partial charge in [-0.2, -0.15) is 13.2 Å². The Morgan fingerprint density at radius 2 is 1.86 bits per heavy atom. The van der Waals surface area contributed by atoms with Crippen LogP contribution in [0.3, 0.4) is 0 Å². The molecule has 0 unspecified atom stereocenters. The summed E-state index contributed by atoms with van der Waals surface area (Å²) < 4.78 is 36.8. The van der Waals surface area contributed by atoms with Crippen LogP contribution in [-0.4, -0.2) is 4.98 Å². The Kier molecular flexibility index (Phi) is 1.70. The van der Waals surface area contributed by atoms with Crippen LogP contribution in [0, 0.1) is 0 Å². The summed E-state index contributed by atoms with van der Waals surface area (Å²) in [5.41, 5.74) is 5.36. The first-order valence-electron chi connectivity index (χ1n) is 3.92. The predicted octanol–water partition coefficient (Wildman–Crippen LogP) is 2.77. The molecule has 1 heterocycles. The van der Waals surface area contributed by atoms with Crippen molar-refractivity contribution in [2.24, 2.45) is 0 Å². The van der Waals surface area contributed by atoms with E-state index in [1.807, 2.05) is 0 Å². The van der Waals surface area contributed by atoms with Gasteiger partial charge in [-0.25, -0.2) is 0 Å². The zero-order valence-corrected chi connectivity index (χ0v) is 7.02. The Hall–Kier alpha value is -1.65. The van der Waals surface area contributed by atoms with Gasteiger partial charge >= 0.3 is 6.18 Å². The first-order chi connectivity index (χ1) is 6.47. The third-order valence-electron chi connectivity index (χ3n) is 1.97. The third kappa shape index (κ3) is 1.41. The maximum Gasteiger partial charge on any atom is 0.416 e. The number of aromatic amines is 1. The van der Waals surface area contributed by atoms with Crippen LogP contribution in [0.4, 0.5) is 19.0 Å². The van der Waals surface area contributed by atoms with Crippen LogP contribution in [0.2, 0.25) is 0 Å². The quantitative estimate of drug-likeness (QED) is 0.674. The fourth-order valence-electron chi connectivity index (χ4n) is 1.33. The molecule has 3 N–H and O–H groups in total. The number of benzene rings is 1. The van der Waals surface area contributed by atoms with Gasteiger partial charge in [0.2, 0.25) is 0 Å². The highest BCUT2D eigenvalue weighted by atomic mass is 19.4. The summed E-state index contributed by atoms with van der Waals surface area (Å²) in [6.45, 7) is 0. The second-order valence-corrected chi connectivity index (χ2v) is 3.02. The molecule has 0 spiro atoms. The average Bonchev–Trinajstić information content (AvgIpc) is 2.41. The van der Waals surface area contributed by atoms with Crippen molar-refractivity contribution in [1.29, 1.82) is 0 Å². The number of alkyl halides is 3. The van der Waals surface area contributed by atoms with E-state index >= 15 is 0 Å². The minimum atomic E-state index is -4.31. The van der Waals surface area contributed by atoms with Crippen LogP contribution >= 0.6 is 0 Å². The van der Waals surface area contributed by atoms with Gasteiger partial charge < -0.3 is 10.7 Å². The average molecular weight is 200 g/mol. The second-order valence-electron chi connectivity index (χ2n) is 3.02. The molecule has 5 heteroatoms. The molecule has 1 aromatic carbocycles. The number of nitrogens with one attached hydrogen (secondary N) is 1. The summed E-state index contributed by atoms with van der Waals surface area (Å²) in [7, 11) is 0. The van der Waals surface area contributed by atoms with Crippen LogP contribution < -0.4 is 5.73 Å². The van der Waals surface area contributed by atoms with E-state index in [0.717, 1.165) is 12.1 Å². The molecule has 2 rings (SSSR count). The lowest BCUT2D eigenvalue weighted by molar-refractivity contribution is -0.137. The molecule has 0 bridgehead atoms. The molecule has 0 atom stereocenters. The van der Waals surface area contributed by atoms with Gasteiger partial charge in [0.05, 0.1) is 5.56 Å². The summed E-state index contributed by atoms with van der Waals surface area (Å²) in [5, 5.41) is 0.470. The highest BCUT2D eigenvalue weighted by molar-refractivity contribution is 5.84. The van der Waals surface area contributed by atoms with Gasteiger partial charge in [0.25, 0.3) is 0 Å². The molecule has 0 aliphatic rings. The summed E-state index contributed by atoms with van der Waals surface area (Å²) >= 11 is 0. The number of rotatable bonds is 0. The van der Waals surface area contributed by atoms with Crippen molar-refractivity contribution in [2.75, 3.05) is 5.73 Å². The maximum atomic E-state index is 12.3. The lowest BCUT2D eigenvalue weighted by atomic mass is 10.1. The maximum absolute atomic E-state index is 12.3. The summed E-state index contributed by atoms with van der Waals surface area (Å²) in [6, 6.07) is 4.94. The molecule has 0 amide bonds. The first kappa shape index (κ1) is 8.93. The minimum absolute atomic E-state index is 0.360. The van der Waals surface area contributed by atoms with Gasteiger partial charge in [-0.05, 0) is 24.3 Å². The van der Waals surface area contributed by atoms with Crippen molar-refractivity contribution in [3.8, 4) is 0 Å². The van der Waals surface area contributed by atoms with E-state index in [9.17, 15) is 13.2 Å². The van der Waals surface area contributed by atoms with Gasteiger partial charge in [0.1, 0.15) is 5.82 Å². The van der Waals surface area contributed by atoms with Crippen LogP contribution in [0.1, 0.15) is 5.56 Å². The van der Waals surface area contributed by atoms with E-state index in [1.54, 1.807) is 0 Å². The number of hydrogen-bond donors (Lipinski definition) is 2. The summed E-state index contributed by atoms with van der Waals surface area (Å²) in [5.74, 6) is 0.360. The second kappa shape index (κ2) is 2.67. The molecule has 0 aliphatic carbocycles. The van der Waals surface area contributed by atoms with Crippen LogP contribution in [0.15, 0.2) is 24.3 Å².